The summed E-state index contributed by atoms with van der Waals surface area (Å²) in [5.74, 6) is -1.10. The zero-order chi connectivity index (χ0) is 18.0. The lowest BCUT2D eigenvalue weighted by Gasteiger charge is -2.20. The summed E-state index contributed by atoms with van der Waals surface area (Å²) >= 11 is 6.24. The summed E-state index contributed by atoms with van der Waals surface area (Å²) in [4.78, 5) is 24.8. The highest BCUT2D eigenvalue weighted by Crippen LogP contribution is 2.34. The molecular formula is C16H16ClFN2O5. The van der Waals surface area contributed by atoms with Gasteiger partial charge in [0.05, 0.1) is 18.9 Å². The number of nitrogens with zero attached hydrogens (tertiary/aromatic N) is 1. The van der Waals surface area contributed by atoms with Crippen molar-refractivity contribution in [3.63, 3.8) is 0 Å². The van der Waals surface area contributed by atoms with Gasteiger partial charge in [-0.25, -0.2) is 4.79 Å². The van der Waals surface area contributed by atoms with E-state index in [4.69, 9.17) is 21.1 Å². The molecule has 1 aliphatic rings. The minimum absolute atomic E-state index is 0.159. The number of aliphatic hydroxyl groups excluding tert-OH is 1. The lowest BCUT2D eigenvalue weighted by molar-refractivity contribution is -0.0686. The number of alkyl halides is 1. The second kappa shape index (κ2) is 7.49. The van der Waals surface area contributed by atoms with E-state index in [1.807, 2.05) is 23.2 Å². The average Bonchev–Trinajstić information content (AvgIpc) is 3.01. The van der Waals surface area contributed by atoms with Crippen LogP contribution in [0.3, 0.4) is 0 Å². The molecule has 0 bridgehead atoms. The van der Waals surface area contributed by atoms with Crippen LogP contribution < -0.4 is 11.2 Å². The Bertz CT molecular complexity index is 840. The SMILES string of the molecule is O=c1[nH]c(=O)n([C@H]2C[C@H](OC(Cl)c3ccccc3)[C@@H](CO)O2)cc1F. The number of hydrogen-bond donors (Lipinski definition) is 2. The minimum atomic E-state index is -1.10. The van der Waals surface area contributed by atoms with Crippen LogP contribution in [-0.4, -0.2) is 33.5 Å². The van der Waals surface area contributed by atoms with E-state index in [-0.39, 0.29) is 13.0 Å². The van der Waals surface area contributed by atoms with Crippen LogP contribution in [0.1, 0.15) is 23.8 Å². The second-order valence-corrected chi connectivity index (χ2v) is 5.99. The molecular weight excluding hydrogens is 355 g/mol. The predicted octanol–water partition coefficient (Wildman–Crippen LogP) is 1.28. The Balaban J connectivity index is 1.78. The molecule has 4 atom stereocenters. The number of hydrogen-bond acceptors (Lipinski definition) is 5. The van der Waals surface area contributed by atoms with Gasteiger partial charge in [0, 0.05) is 6.42 Å². The fourth-order valence-electron chi connectivity index (χ4n) is 2.69. The zero-order valence-electron chi connectivity index (χ0n) is 13.0. The summed E-state index contributed by atoms with van der Waals surface area (Å²) in [5, 5.41) is 9.49. The van der Waals surface area contributed by atoms with Crippen LogP contribution >= 0.6 is 11.6 Å². The van der Waals surface area contributed by atoms with Gasteiger partial charge in [-0.05, 0) is 5.56 Å². The zero-order valence-corrected chi connectivity index (χ0v) is 13.7. The van der Waals surface area contributed by atoms with Crippen LogP contribution in [0.15, 0.2) is 46.1 Å². The molecule has 9 heteroatoms. The van der Waals surface area contributed by atoms with E-state index in [0.717, 1.165) is 16.3 Å². The summed E-state index contributed by atoms with van der Waals surface area (Å²) in [6.45, 7) is -0.361. The first-order valence-corrected chi connectivity index (χ1v) is 8.05. The first kappa shape index (κ1) is 17.8. The molecule has 7 nitrogen and oxygen atoms in total. The number of H-pyrrole nitrogens is 1. The summed E-state index contributed by atoms with van der Waals surface area (Å²) in [6, 6.07) is 9.05. The number of halogens is 2. The van der Waals surface area contributed by atoms with E-state index >= 15 is 0 Å². The Morgan fingerprint density at radius 2 is 2.12 bits per heavy atom. The molecule has 1 unspecified atom stereocenters. The molecule has 3 rings (SSSR count). The van der Waals surface area contributed by atoms with E-state index in [9.17, 15) is 19.1 Å². The number of nitrogens with one attached hydrogen (secondary N) is 1. The van der Waals surface area contributed by atoms with Crippen LogP contribution in [0.2, 0.25) is 0 Å². The van der Waals surface area contributed by atoms with Gasteiger partial charge < -0.3 is 14.6 Å². The van der Waals surface area contributed by atoms with Gasteiger partial charge >= 0.3 is 5.69 Å². The second-order valence-electron chi connectivity index (χ2n) is 5.59. The molecule has 1 saturated heterocycles. The first-order chi connectivity index (χ1) is 12.0. The molecule has 0 spiro atoms. The summed E-state index contributed by atoms with van der Waals surface area (Å²) < 4.78 is 25.7. The van der Waals surface area contributed by atoms with Crippen molar-refractivity contribution in [1.82, 2.24) is 9.55 Å². The highest BCUT2D eigenvalue weighted by molar-refractivity contribution is 6.19. The molecule has 0 aliphatic carbocycles. The van der Waals surface area contributed by atoms with Crippen molar-refractivity contribution in [3.05, 3.63) is 68.7 Å². The van der Waals surface area contributed by atoms with Crippen molar-refractivity contribution < 1.29 is 19.0 Å². The fraction of sp³-hybridized carbons (Fsp3) is 0.375. The van der Waals surface area contributed by atoms with E-state index in [1.165, 1.54) is 0 Å². The maximum absolute atomic E-state index is 13.5. The van der Waals surface area contributed by atoms with Gasteiger partial charge in [0.1, 0.15) is 12.3 Å². The molecule has 1 fully saturated rings. The van der Waals surface area contributed by atoms with Gasteiger partial charge in [-0.1, -0.05) is 41.9 Å². The van der Waals surface area contributed by atoms with Crippen molar-refractivity contribution in [2.45, 2.75) is 30.4 Å². The van der Waals surface area contributed by atoms with Crippen molar-refractivity contribution in [1.29, 1.82) is 0 Å². The van der Waals surface area contributed by atoms with Gasteiger partial charge in [0.25, 0.3) is 5.56 Å². The normalized spacial score (nSPS) is 24.4. The van der Waals surface area contributed by atoms with Crippen molar-refractivity contribution >= 4 is 11.6 Å². The van der Waals surface area contributed by atoms with Gasteiger partial charge in [-0.3, -0.25) is 14.3 Å². The highest BCUT2D eigenvalue weighted by atomic mass is 35.5. The molecule has 25 heavy (non-hydrogen) atoms. The topological polar surface area (TPSA) is 93.6 Å². The van der Waals surface area contributed by atoms with Gasteiger partial charge in [-0.15, -0.1) is 0 Å². The number of aromatic nitrogens is 2. The highest BCUT2D eigenvalue weighted by Gasteiger charge is 2.38. The third kappa shape index (κ3) is 3.82. The molecule has 0 amide bonds. The molecule has 1 aromatic heterocycles. The van der Waals surface area contributed by atoms with Crippen LogP contribution in [0.5, 0.6) is 0 Å². The van der Waals surface area contributed by atoms with Gasteiger partial charge in [0.2, 0.25) is 5.82 Å². The largest absolute Gasteiger partial charge is 0.394 e. The van der Waals surface area contributed by atoms with E-state index in [0.29, 0.717) is 0 Å². The maximum Gasteiger partial charge on any atom is 0.330 e. The number of aliphatic hydroxyl groups is 1. The quantitative estimate of drug-likeness (QED) is 0.773. The molecule has 2 aromatic rings. The standard InChI is InChI=1S/C16H16ClFN2O5/c17-14(9-4-2-1-3-5-9)25-11-6-13(24-12(11)8-21)20-7-10(18)15(22)19-16(20)23/h1-5,7,11-14,21H,6,8H2,(H,19,22,23)/t11-,12+,13+,14?/m0/s1. The maximum atomic E-state index is 13.5. The summed E-state index contributed by atoms with van der Waals surface area (Å²) in [5.41, 5.74) is -1.95. The first-order valence-electron chi connectivity index (χ1n) is 7.61. The molecule has 2 N–H and O–H groups in total. The Hall–Kier alpha value is -2.00. The smallest absolute Gasteiger partial charge is 0.330 e. The number of benzene rings is 1. The van der Waals surface area contributed by atoms with Crippen molar-refractivity contribution in [2.24, 2.45) is 0 Å². The van der Waals surface area contributed by atoms with Crippen LogP contribution in [0.4, 0.5) is 4.39 Å². The summed E-state index contributed by atoms with van der Waals surface area (Å²) in [7, 11) is 0. The molecule has 1 aliphatic heterocycles. The monoisotopic (exact) mass is 370 g/mol. The Labute approximate surface area is 146 Å². The number of rotatable bonds is 5. The third-order valence-electron chi connectivity index (χ3n) is 3.95. The number of aromatic amines is 1. The minimum Gasteiger partial charge on any atom is -0.394 e. The Kier molecular flexibility index (Phi) is 5.33. The van der Waals surface area contributed by atoms with E-state index < -0.39 is 41.1 Å². The average molecular weight is 371 g/mol. The van der Waals surface area contributed by atoms with Gasteiger partial charge in [0.15, 0.2) is 5.56 Å². The predicted molar refractivity (Wildman–Crippen MR) is 86.8 cm³/mol. The van der Waals surface area contributed by atoms with E-state index in [2.05, 4.69) is 0 Å². The van der Waals surface area contributed by atoms with E-state index in [1.54, 1.807) is 12.1 Å². The molecule has 0 saturated carbocycles. The lowest BCUT2D eigenvalue weighted by Crippen LogP contribution is -2.34. The molecule has 134 valence electrons. The van der Waals surface area contributed by atoms with Crippen molar-refractivity contribution in [2.75, 3.05) is 6.61 Å². The molecule has 1 aromatic carbocycles. The van der Waals surface area contributed by atoms with Crippen LogP contribution in [-0.2, 0) is 9.47 Å². The summed E-state index contributed by atoms with van der Waals surface area (Å²) in [6.07, 6.45) is -1.30. The molecule has 0 radical (unpaired) electrons. The Morgan fingerprint density at radius 1 is 1.40 bits per heavy atom. The number of ether oxygens (including phenoxy) is 2. The Morgan fingerprint density at radius 3 is 2.80 bits per heavy atom. The van der Waals surface area contributed by atoms with Crippen LogP contribution in [0, 0.1) is 5.82 Å². The lowest BCUT2D eigenvalue weighted by atomic mass is 10.1. The molecule has 2 heterocycles. The van der Waals surface area contributed by atoms with Gasteiger partial charge in [-0.2, -0.15) is 4.39 Å². The van der Waals surface area contributed by atoms with Crippen LogP contribution in [0.25, 0.3) is 0 Å². The van der Waals surface area contributed by atoms with Crippen molar-refractivity contribution in [3.8, 4) is 0 Å². The third-order valence-corrected chi connectivity index (χ3v) is 4.31. The fourth-order valence-corrected chi connectivity index (χ4v) is 2.97.